The lowest BCUT2D eigenvalue weighted by molar-refractivity contribution is 0.236. The molecule has 2 N–H and O–H groups in total. The van der Waals surface area contributed by atoms with E-state index in [-0.39, 0.29) is 12.0 Å². The fourth-order valence-electron chi connectivity index (χ4n) is 2.39. The van der Waals surface area contributed by atoms with E-state index in [2.05, 4.69) is 48.4 Å². The number of hydrogen-bond donors (Lipinski definition) is 2. The van der Waals surface area contributed by atoms with Crippen LogP contribution < -0.4 is 5.32 Å². The summed E-state index contributed by atoms with van der Waals surface area (Å²) in [5.41, 5.74) is 2.62. The van der Waals surface area contributed by atoms with E-state index in [0.29, 0.717) is 0 Å². The topological polar surface area (TPSA) is 50.1 Å². The molecule has 0 spiro atoms. The van der Waals surface area contributed by atoms with Crippen molar-refractivity contribution in [2.45, 2.75) is 33.2 Å². The molecule has 1 aromatic heterocycles. The van der Waals surface area contributed by atoms with Gasteiger partial charge in [-0.25, -0.2) is 4.98 Å². The lowest BCUT2D eigenvalue weighted by atomic mass is 9.88. The Morgan fingerprint density at radius 3 is 2.62 bits per heavy atom. The number of aliphatic hydroxyl groups excluding tert-OH is 1. The van der Waals surface area contributed by atoms with Crippen LogP contribution in [0.15, 0.2) is 43.0 Å². The third-order valence-electron chi connectivity index (χ3n) is 3.68. The van der Waals surface area contributed by atoms with Crippen LogP contribution in [0.3, 0.4) is 0 Å². The summed E-state index contributed by atoms with van der Waals surface area (Å²) in [4.78, 5) is 4.05. The Bertz CT molecular complexity index is 517. The number of aromatic nitrogens is 2. The van der Waals surface area contributed by atoms with E-state index < -0.39 is 0 Å². The number of imidazole rings is 1. The SMILES string of the molecule is CC(C)(CCCO)CNCc1ccc(-n2ccnc2)cc1. The van der Waals surface area contributed by atoms with Crippen LogP contribution in [0.25, 0.3) is 5.69 Å². The second kappa shape index (κ2) is 7.38. The van der Waals surface area contributed by atoms with Crippen LogP contribution >= 0.6 is 0 Å². The van der Waals surface area contributed by atoms with Gasteiger partial charge in [0, 0.05) is 37.8 Å². The number of rotatable bonds is 8. The predicted octanol–water partition coefficient (Wildman–Crippen LogP) is 2.76. The van der Waals surface area contributed by atoms with Gasteiger partial charge in [0.15, 0.2) is 0 Å². The fraction of sp³-hybridized carbons (Fsp3) is 0.471. The molecule has 0 radical (unpaired) electrons. The number of hydrogen-bond acceptors (Lipinski definition) is 3. The second-order valence-electron chi connectivity index (χ2n) is 6.23. The Morgan fingerprint density at radius 1 is 1.24 bits per heavy atom. The summed E-state index contributed by atoms with van der Waals surface area (Å²) in [6.45, 7) is 6.57. The van der Waals surface area contributed by atoms with Crippen LogP contribution in [-0.2, 0) is 6.54 Å². The second-order valence-corrected chi connectivity index (χ2v) is 6.23. The minimum absolute atomic E-state index is 0.222. The zero-order valence-corrected chi connectivity index (χ0v) is 12.9. The quantitative estimate of drug-likeness (QED) is 0.785. The third-order valence-corrected chi connectivity index (χ3v) is 3.68. The van der Waals surface area contributed by atoms with Crippen LogP contribution in [-0.4, -0.2) is 27.8 Å². The molecule has 0 aliphatic rings. The minimum Gasteiger partial charge on any atom is -0.396 e. The van der Waals surface area contributed by atoms with E-state index in [0.717, 1.165) is 31.6 Å². The summed E-state index contributed by atoms with van der Waals surface area (Å²) < 4.78 is 2.00. The molecule has 2 aromatic rings. The van der Waals surface area contributed by atoms with Crippen LogP contribution in [0.5, 0.6) is 0 Å². The van der Waals surface area contributed by atoms with Crippen LogP contribution in [0.4, 0.5) is 0 Å². The Labute approximate surface area is 126 Å². The van der Waals surface area contributed by atoms with Gasteiger partial charge in [-0.3, -0.25) is 0 Å². The molecular formula is C17H25N3O. The van der Waals surface area contributed by atoms with E-state index in [4.69, 9.17) is 5.11 Å². The summed E-state index contributed by atoms with van der Waals surface area (Å²) in [6.07, 6.45) is 7.43. The molecule has 0 amide bonds. The molecule has 0 unspecified atom stereocenters. The maximum Gasteiger partial charge on any atom is 0.0991 e. The Kier molecular flexibility index (Phi) is 5.53. The Morgan fingerprint density at radius 2 is 2.00 bits per heavy atom. The van der Waals surface area contributed by atoms with Gasteiger partial charge in [-0.05, 0) is 36.0 Å². The largest absolute Gasteiger partial charge is 0.396 e. The van der Waals surface area contributed by atoms with Gasteiger partial charge in [0.25, 0.3) is 0 Å². The van der Waals surface area contributed by atoms with E-state index in [9.17, 15) is 0 Å². The van der Waals surface area contributed by atoms with Gasteiger partial charge in [0.1, 0.15) is 0 Å². The van der Waals surface area contributed by atoms with Gasteiger partial charge in [-0.1, -0.05) is 26.0 Å². The van der Waals surface area contributed by atoms with Crippen molar-refractivity contribution in [2.75, 3.05) is 13.2 Å². The predicted molar refractivity (Wildman–Crippen MR) is 85.4 cm³/mol. The van der Waals surface area contributed by atoms with E-state index in [1.54, 1.807) is 12.5 Å². The van der Waals surface area contributed by atoms with Gasteiger partial charge in [0.05, 0.1) is 6.33 Å². The van der Waals surface area contributed by atoms with Gasteiger partial charge in [0.2, 0.25) is 0 Å². The number of benzene rings is 1. The first kappa shape index (κ1) is 15.7. The maximum atomic E-state index is 8.91. The van der Waals surface area contributed by atoms with Crippen molar-refractivity contribution < 1.29 is 5.11 Å². The monoisotopic (exact) mass is 287 g/mol. The first-order chi connectivity index (χ1) is 10.1. The molecule has 0 atom stereocenters. The molecule has 0 saturated heterocycles. The molecule has 2 rings (SSSR count). The van der Waals surface area contributed by atoms with Crippen molar-refractivity contribution >= 4 is 0 Å². The highest BCUT2D eigenvalue weighted by molar-refractivity contribution is 5.34. The van der Waals surface area contributed by atoms with Crippen molar-refractivity contribution in [1.82, 2.24) is 14.9 Å². The normalized spacial score (nSPS) is 11.8. The van der Waals surface area contributed by atoms with E-state index in [1.807, 2.05) is 10.8 Å². The molecule has 0 aliphatic carbocycles. The lowest BCUT2D eigenvalue weighted by Crippen LogP contribution is -2.29. The molecule has 0 bridgehead atoms. The zero-order chi connectivity index (χ0) is 15.1. The summed E-state index contributed by atoms with van der Waals surface area (Å²) in [5, 5.41) is 12.4. The minimum atomic E-state index is 0.222. The van der Waals surface area contributed by atoms with Crippen molar-refractivity contribution in [3.8, 4) is 5.69 Å². The highest BCUT2D eigenvalue weighted by Crippen LogP contribution is 2.21. The summed E-state index contributed by atoms with van der Waals surface area (Å²) >= 11 is 0. The van der Waals surface area contributed by atoms with E-state index in [1.165, 1.54) is 5.56 Å². The molecule has 0 fully saturated rings. The number of nitrogens with one attached hydrogen (secondary N) is 1. The average molecular weight is 287 g/mol. The van der Waals surface area contributed by atoms with Crippen LogP contribution in [0, 0.1) is 5.41 Å². The number of aliphatic hydroxyl groups is 1. The maximum absolute atomic E-state index is 8.91. The van der Waals surface area contributed by atoms with Crippen LogP contribution in [0.1, 0.15) is 32.3 Å². The fourth-order valence-corrected chi connectivity index (χ4v) is 2.39. The van der Waals surface area contributed by atoms with Gasteiger partial charge < -0.3 is 15.0 Å². The Hall–Kier alpha value is -1.65. The lowest BCUT2D eigenvalue weighted by Gasteiger charge is -2.24. The van der Waals surface area contributed by atoms with E-state index >= 15 is 0 Å². The van der Waals surface area contributed by atoms with Crippen molar-refractivity contribution in [3.63, 3.8) is 0 Å². The highest BCUT2D eigenvalue weighted by Gasteiger charge is 2.16. The molecule has 4 heteroatoms. The molecule has 4 nitrogen and oxygen atoms in total. The van der Waals surface area contributed by atoms with Gasteiger partial charge >= 0.3 is 0 Å². The van der Waals surface area contributed by atoms with Crippen molar-refractivity contribution in [2.24, 2.45) is 5.41 Å². The van der Waals surface area contributed by atoms with Crippen LogP contribution in [0.2, 0.25) is 0 Å². The molecule has 1 heterocycles. The van der Waals surface area contributed by atoms with Crippen molar-refractivity contribution in [3.05, 3.63) is 48.5 Å². The smallest absolute Gasteiger partial charge is 0.0991 e. The molecule has 0 saturated carbocycles. The Balaban J connectivity index is 1.81. The zero-order valence-electron chi connectivity index (χ0n) is 12.9. The van der Waals surface area contributed by atoms with Gasteiger partial charge in [-0.2, -0.15) is 0 Å². The molecule has 0 aliphatic heterocycles. The summed E-state index contributed by atoms with van der Waals surface area (Å²) in [7, 11) is 0. The van der Waals surface area contributed by atoms with Gasteiger partial charge in [-0.15, -0.1) is 0 Å². The molecule has 114 valence electrons. The first-order valence-electron chi connectivity index (χ1n) is 7.50. The molecular weight excluding hydrogens is 262 g/mol. The summed E-state index contributed by atoms with van der Waals surface area (Å²) in [5.74, 6) is 0. The average Bonchev–Trinajstić information content (AvgIpc) is 3.00. The standard InChI is InChI=1S/C17H25N3O/c1-17(2,8-3-11-21)13-19-12-15-4-6-16(7-5-15)20-10-9-18-14-20/h4-7,9-10,14,19,21H,3,8,11-13H2,1-2H3. The first-order valence-corrected chi connectivity index (χ1v) is 7.50. The molecule has 21 heavy (non-hydrogen) atoms. The summed E-state index contributed by atoms with van der Waals surface area (Å²) in [6, 6.07) is 8.50. The third kappa shape index (κ3) is 4.99. The van der Waals surface area contributed by atoms with Crippen molar-refractivity contribution in [1.29, 1.82) is 0 Å². The highest BCUT2D eigenvalue weighted by atomic mass is 16.2. The number of nitrogens with zero attached hydrogens (tertiary/aromatic N) is 2. The molecule has 1 aromatic carbocycles.